The number of hydrogen-bond donors (Lipinski definition) is 13. The molecule has 0 saturated carbocycles. The zero-order chi connectivity index (χ0) is 53.8. The molecule has 73 heavy (non-hydrogen) atoms. The highest BCUT2D eigenvalue weighted by atomic mass is 16.4. The highest BCUT2D eigenvalue weighted by Gasteiger charge is 2.38. The molecule has 14 N–H and O–H groups in total. The number of carbonyl (C=O) groups excluding carboxylic acids is 7. The summed E-state index contributed by atoms with van der Waals surface area (Å²) in [7, 11) is 0. The second-order valence-corrected chi connectivity index (χ2v) is 18.7. The Labute approximate surface area is 424 Å². The predicted molar refractivity (Wildman–Crippen MR) is 266 cm³/mol. The molecule has 0 aromatic carbocycles. The first-order valence-electron chi connectivity index (χ1n) is 24.8. The van der Waals surface area contributed by atoms with E-state index in [0.717, 1.165) is 0 Å². The third kappa shape index (κ3) is 17.4. The van der Waals surface area contributed by atoms with Crippen molar-refractivity contribution < 1.29 is 43.5 Å². The van der Waals surface area contributed by atoms with Crippen LogP contribution in [0.1, 0.15) is 104 Å². The van der Waals surface area contributed by atoms with Crippen molar-refractivity contribution in [2.45, 2.75) is 155 Å². The first kappa shape index (κ1) is 58.1. The molecule has 0 saturated heterocycles. The van der Waals surface area contributed by atoms with Crippen LogP contribution in [0.5, 0.6) is 0 Å². The van der Waals surface area contributed by atoms with E-state index < -0.39 is 113 Å². The molecule has 0 aliphatic rings. The number of rotatable bonds is 31. The lowest BCUT2D eigenvalue weighted by molar-refractivity contribution is -0.142. The largest absolute Gasteiger partial charge is 0.480 e. The Hall–Kier alpha value is -7.44. The molecule has 7 amide bonds. The molecular formula is C48H74N16O9. The Bertz CT molecular complexity index is 2360. The van der Waals surface area contributed by atoms with Gasteiger partial charge >= 0.3 is 5.97 Å². The minimum absolute atomic E-state index is 0.00224. The predicted octanol–water partition coefficient (Wildman–Crippen LogP) is -0.161. The second-order valence-electron chi connectivity index (χ2n) is 18.7. The Morgan fingerprint density at radius 3 is 0.932 bits per heavy atom. The van der Waals surface area contributed by atoms with E-state index in [2.05, 4.69) is 77.1 Å². The lowest BCUT2D eigenvalue weighted by Crippen LogP contribution is -2.62. The van der Waals surface area contributed by atoms with E-state index >= 15 is 0 Å². The van der Waals surface area contributed by atoms with Crippen molar-refractivity contribution in [1.82, 2.24) is 77.1 Å². The zero-order valence-electron chi connectivity index (χ0n) is 42.8. The number of nitrogens with one attached hydrogen (secondary N) is 11. The van der Waals surface area contributed by atoms with E-state index in [1.807, 2.05) is 20.8 Å². The van der Waals surface area contributed by atoms with E-state index in [4.69, 9.17) is 5.73 Å². The number of nitrogens with zero attached hydrogens (tertiary/aromatic N) is 4. The van der Waals surface area contributed by atoms with Gasteiger partial charge in [0.15, 0.2) is 0 Å². The van der Waals surface area contributed by atoms with Gasteiger partial charge in [-0.3, -0.25) is 33.6 Å². The molecule has 0 aliphatic carbocycles. The van der Waals surface area contributed by atoms with Crippen LogP contribution in [0, 0.1) is 23.7 Å². The van der Waals surface area contributed by atoms with Gasteiger partial charge in [-0.15, -0.1) is 0 Å². The zero-order valence-corrected chi connectivity index (χ0v) is 42.8. The van der Waals surface area contributed by atoms with Crippen LogP contribution in [0.25, 0.3) is 0 Å². The topological polar surface area (TPSA) is 382 Å². The fourth-order valence-corrected chi connectivity index (χ4v) is 7.72. The van der Waals surface area contributed by atoms with E-state index in [9.17, 15) is 43.5 Å². The monoisotopic (exact) mass is 1020 g/mol. The summed E-state index contributed by atoms with van der Waals surface area (Å²) in [5.74, 6) is -7.99. The molecule has 12 unspecified atom stereocenters. The van der Waals surface area contributed by atoms with Gasteiger partial charge in [0.2, 0.25) is 41.4 Å². The molecule has 0 fully saturated rings. The molecule has 4 aromatic heterocycles. The van der Waals surface area contributed by atoms with Crippen LogP contribution >= 0.6 is 0 Å². The number of imidazole rings is 4. The third-order valence-electron chi connectivity index (χ3n) is 13.4. The molecule has 0 aliphatic heterocycles. The Balaban J connectivity index is 1.59. The maximum Gasteiger partial charge on any atom is 0.326 e. The molecule has 12 atom stereocenters. The molecule has 0 bridgehead atoms. The summed E-state index contributed by atoms with van der Waals surface area (Å²) in [5.41, 5.74) is 8.14. The number of carboxylic acids is 1. The van der Waals surface area contributed by atoms with Crippen LogP contribution in [0.2, 0.25) is 0 Å². The number of aromatic nitrogens is 8. The molecule has 4 aromatic rings. The smallest absolute Gasteiger partial charge is 0.326 e. The number of carbonyl (C=O) groups is 8. The summed E-state index contributed by atoms with van der Waals surface area (Å²) in [6.07, 6.45) is 13.0. The van der Waals surface area contributed by atoms with E-state index in [1.165, 1.54) is 50.1 Å². The van der Waals surface area contributed by atoms with Crippen molar-refractivity contribution in [2.24, 2.45) is 29.4 Å². The van der Waals surface area contributed by atoms with Crippen LogP contribution in [0.3, 0.4) is 0 Å². The SMILES string of the molecule is CCC(C)C(N)C(=O)NC(Cc1cnc[nH]1)C(=O)NC(C(=O)NC(Cc1cnc[nH]1)C(=O)NC(C(=O)NC(Cc1cnc[nH]1)C(=O)NC(C(=O)NC(Cc1cnc[nH]1)C(=O)O)C(C)CC)C(C)CC)C(C)CC. The minimum Gasteiger partial charge on any atom is -0.480 e. The van der Waals surface area contributed by atoms with Crippen LogP contribution in [0.4, 0.5) is 0 Å². The van der Waals surface area contributed by atoms with Gasteiger partial charge in [-0.2, -0.15) is 0 Å². The van der Waals surface area contributed by atoms with Crippen molar-refractivity contribution in [3.63, 3.8) is 0 Å². The van der Waals surface area contributed by atoms with E-state index in [-0.39, 0.29) is 31.6 Å². The van der Waals surface area contributed by atoms with Gasteiger partial charge in [0, 0.05) is 73.2 Å². The summed E-state index contributed by atoms with van der Waals surface area (Å²) in [6, 6.07) is -9.82. The molecule has 25 nitrogen and oxygen atoms in total. The average Bonchev–Trinajstić information content (AvgIpc) is 4.25. The number of aliphatic carboxylic acids is 1. The summed E-state index contributed by atoms with van der Waals surface area (Å²) in [4.78, 5) is 139. The van der Waals surface area contributed by atoms with E-state index in [1.54, 1.807) is 34.6 Å². The summed E-state index contributed by atoms with van der Waals surface area (Å²) in [6.45, 7) is 14.4. The Morgan fingerprint density at radius 1 is 0.425 bits per heavy atom. The number of aromatic amines is 4. The molecule has 400 valence electrons. The summed E-state index contributed by atoms with van der Waals surface area (Å²) in [5, 5.41) is 29.1. The van der Waals surface area contributed by atoms with Crippen molar-refractivity contribution in [2.75, 3.05) is 0 Å². The van der Waals surface area contributed by atoms with Crippen molar-refractivity contribution in [3.05, 3.63) is 72.9 Å². The molecule has 0 radical (unpaired) electrons. The van der Waals surface area contributed by atoms with Crippen molar-refractivity contribution >= 4 is 47.3 Å². The molecule has 0 spiro atoms. The first-order valence-corrected chi connectivity index (χ1v) is 24.8. The van der Waals surface area contributed by atoms with Gasteiger partial charge in [0.05, 0.1) is 31.4 Å². The lowest BCUT2D eigenvalue weighted by atomic mass is 9.95. The van der Waals surface area contributed by atoms with Crippen LogP contribution in [-0.2, 0) is 64.0 Å². The van der Waals surface area contributed by atoms with Gasteiger partial charge in [-0.05, 0) is 23.7 Å². The molecule has 4 rings (SSSR count). The average molecular weight is 1020 g/mol. The Kier molecular flexibility index (Phi) is 22.7. The minimum atomic E-state index is -1.36. The maximum absolute atomic E-state index is 14.5. The van der Waals surface area contributed by atoms with Crippen LogP contribution < -0.4 is 43.0 Å². The quantitative estimate of drug-likeness (QED) is 0.0312. The summed E-state index contributed by atoms with van der Waals surface area (Å²) >= 11 is 0. The second kappa shape index (κ2) is 28.6. The molecular weight excluding hydrogens is 945 g/mol. The molecule has 4 heterocycles. The van der Waals surface area contributed by atoms with Gasteiger partial charge in [-0.1, -0.05) is 81.1 Å². The highest BCUT2D eigenvalue weighted by molar-refractivity contribution is 5.98. The van der Waals surface area contributed by atoms with Gasteiger partial charge in [0.25, 0.3) is 0 Å². The van der Waals surface area contributed by atoms with Crippen LogP contribution in [0.15, 0.2) is 50.1 Å². The first-order chi connectivity index (χ1) is 34.8. The fraction of sp³-hybridized carbons (Fsp3) is 0.583. The molecule has 25 heteroatoms. The normalized spacial score (nSPS) is 16.3. The maximum atomic E-state index is 14.5. The number of amides is 7. The van der Waals surface area contributed by atoms with Crippen molar-refractivity contribution in [3.8, 4) is 0 Å². The van der Waals surface area contributed by atoms with Crippen LogP contribution in [-0.4, -0.2) is 141 Å². The van der Waals surface area contributed by atoms with Gasteiger partial charge < -0.3 is 68.0 Å². The fourth-order valence-electron chi connectivity index (χ4n) is 7.72. The number of nitrogens with two attached hydrogens (primary N) is 1. The summed E-state index contributed by atoms with van der Waals surface area (Å²) < 4.78 is 0. The Morgan fingerprint density at radius 2 is 0.685 bits per heavy atom. The van der Waals surface area contributed by atoms with Crippen molar-refractivity contribution in [1.29, 1.82) is 0 Å². The lowest BCUT2D eigenvalue weighted by Gasteiger charge is -2.31. The standard InChI is InChI=1S/C48H74N16O9/c1-9-25(5)37(49)44(68)58-33(13-29-17-50-21-54-29)41(65)62-38(26(6)10-2)45(69)59-34(14-30-18-51-22-55-30)42(66)63-39(27(7)11-3)46(70)60-35(15-31-19-52-23-56-31)43(67)64-40(28(8)12-4)47(71)61-36(48(72)73)16-32-20-53-24-57-32/h17-28,33-40H,9-16,49H2,1-8H3,(H,50,54)(H,51,55)(H,52,56)(H,53,57)(H,58,68)(H,59,69)(H,60,70)(H,61,71)(H,62,65)(H,63,66)(H,64,67)(H,72,73). The number of carboxylic acid groups (broad SMARTS) is 1. The highest BCUT2D eigenvalue weighted by Crippen LogP contribution is 2.16. The van der Waals surface area contributed by atoms with E-state index in [0.29, 0.717) is 48.5 Å². The third-order valence-corrected chi connectivity index (χ3v) is 13.4. The number of H-pyrrole nitrogens is 4. The van der Waals surface area contributed by atoms with Gasteiger partial charge in [0.1, 0.15) is 42.3 Å². The number of hydrogen-bond acceptors (Lipinski definition) is 13. The van der Waals surface area contributed by atoms with Gasteiger partial charge in [-0.25, -0.2) is 24.7 Å².